The average molecular weight is 235 g/mol. The molecule has 1 fully saturated rings. The highest BCUT2D eigenvalue weighted by Gasteiger charge is 2.12. The molecule has 4 heteroatoms. The Hall–Kier alpha value is -1.55. The van der Waals surface area contributed by atoms with E-state index in [-0.39, 0.29) is 5.75 Å². The predicted molar refractivity (Wildman–Crippen MR) is 65.5 cm³/mol. The van der Waals surface area contributed by atoms with E-state index in [0.29, 0.717) is 12.8 Å². The number of morpholine rings is 1. The second kappa shape index (κ2) is 5.68. The lowest BCUT2D eigenvalue weighted by Gasteiger charge is -2.29. The summed E-state index contributed by atoms with van der Waals surface area (Å²) in [6.45, 7) is 3.23. The van der Waals surface area contributed by atoms with Crippen LogP contribution in [0.2, 0.25) is 0 Å². The summed E-state index contributed by atoms with van der Waals surface area (Å²) in [5, 5.41) is 9.70. The maximum absolute atomic E-state index is 10.4. The molecule has 92 valence electrons. The number of aryl methyl sites for hydroxylation is 1. The second-order valence-electron chi connectivity index (χ2n) is 4.12. The lowest BCUT2D eigenvalue weighted by atomic mass is 10.1. The van der Waals surface area contributed by atoms with E-state index in [1.54, 1.807) is 6.07 Å². The van der Waals surface area contributed by atoms with Crippen LogP contribution in [-0.2, 0) is 16.0 Å². The first kappa shape index (κ1) is 11.9. The van der Waals surface area contributed by atoms with Gasteiger partial charge in [0.25, 0.3) is 0 Å². The van der Waals surface area contributed by atoms with E-state index in [2.05, 4.69) is 4.90 Å². The molecule has 1 aromatic carbocycles. The normalized spacial score (nSPS) is 15.9. The molecule has 1 N–H and O–H groups in total. The summed E-state index contributed by atoms with van der Waals surface area (Å²) in [6, 6.07) is 5.57. The van der Waals surface area contributed by atoms with E-state index < -0.39 is 0 Å². The SMILES string of the molecule is O=CCCc1cc(N2CCOCC2)ccc1O. The Labute approximate surface area is 101 Å². The molecule has 0 aromatic heterocycles. The van der Waals surface area contributed by atoms with E-state index in [0.717, 1.165) is 43.8 Å². The molecule has 1 aromatic rings. The number of rotatable bonds is 4. The largest absolute Gasteiger partial charge is 0.508 e. The first-order chi connectivity index (χ1) is 8.31. The highest BCUT2D eigenvalue weighted by molar-refractivity contribution is 5.55. The number of ether oxygens (including phenoxy) is 1. The van der Waals surface area contributed by atoms with E-state index in [9.17, 15) is 9.90 Å². The first-order valence-corrected chi connectivity index (χ1v) is 5.89. The molecule has 1 aliphatic heterocycles. The number of anilines is 1. The Kier molecular flexibility index (Phi) is 3.98. The number of benzene rings is 1. The summed E-state index contributed by atoms with van der Waals surface area (Å²) in [5.74, 6) is 0.267. The summed E-state index contributed by atoms with van der Waals surface area (Å²) < 4.78 is 5.30. The van der Waals surface area contributed by atoms with Crippen LogP contribution >= 0.6 is 0 Å². The van der Waals surface area contributed by atoms with Crippen LogP contribution in [0.15, 0.2) is 18.2 Å². The molecule has 4 nitrogen and oxygen atoms in total. The highest BCUT2D eigenvalue weighted by atomic mass is 16.5. The summed E-state index contributed by atoms with van der Waals surface area (Å²) in [6.07, 6.45) is 1.91. The Morgan fingerprint density at radius 2 is 2.12 bits per heavy atom. The van der Waals surface area contributed by atoms with Gasteiger partial charge in [-0.15, -0.1) is 0 Å². The van der Waals surface area contributed by atoms with E-state index in [1.165, 1.54) is 0 Å². The molecule has 0 unspecified atom stereocenters. The van der Waals surface area contributed by atoms with E-state index in [1.807, 2.05) is 12.1 Å². The minimum Gasteiger partial charge on any atom is -0.508 e. The van der Waals surface area contributed by atoms with Crippen LogP contribution in [-0.4, -0.2) is 37.7 Å². The number of phenolic OH excluding ortho intramolecular Hbond substituents is 1. The van der Waals surface area contributed by atoms with Crippen LogP contribution in [0, 0.1) is 0 Å². The summed E-state index contributed by atoms with van der Waals surface area (Å²) in [7, 11) is 0. The molecule has 0 spiro atoms. The number of aromatic hydroxyl groups is 1. The van der Waals surface area contributed by atoms with Crippen LogP contribution in [0.25, 0.3) is 0 Å². The predicted octanol–water partition coefficient (Wildman–Crippen LogP) is 1.36. The molecule has 2 rings (SSSR count). The van der Waals surface area contributed by atoms with Gasteiger partial charge in [-0.3, -0.25) is 0 Å². The van der Waals surface area contributed by atoms with Gasteiger partial charge in [-0.05, 0) is 30.2 Å². The maximum atomic E-state index is 10.4. The zero-order chi connectivity index (χ0) is 12.1. The molecule has 1 heterocycles. The zero-order valence-electron chi connectivity index (χ0n) is 9.76. The number of carbonyl (C=O) groups is 1. The van der Waals surface area contributed by atoms with Gasteiger partial charge in [-0.25, -0.2) is 0 Å². The first-order valence-electron chi connectivity index (χ1n) is 5.89. The van der Waals surface area contributed by atoms with Crippen molar-refractivity contribution in [3.63, 3.8) is 0 Å². The van der Waals surface area contributed by atoms with Crippen molar-refractivity contribution >= 4 is 12.0 Å². The molecule has 0 saturated carbocycles. The van der Waals surface area contributed by atoms with Gasteiger partial charge >= 0.3 is 0 Å². The second-order valence-corrected chi connectivity index (χ2v) is 4.12. The van der Waals surface area contributed by atoms with Gasteiger partial charge in [-0.2, -0.15) is 0 Å². The van der Waals surface area contributed by atoms with Crippen molar-refractivity contribution in [2.24, 2.45) is 0 Å². The molecule has 0 aliphatic carbocycles. The maximum Gasteiger partial charge on any atom is 0.120 e. The smallest absolute Gasteiger partial charge is 0.120 e. The number of aldehydes is 1. The Balaban J connectivity index is 2.14. The van der Waals surface area contributed by atoms with Crippen molar-refractivity contribution in [2.45, 2.75) is 12.8 Å². The third-order valence-electron chi connectivity index (χ3n) is 2.97. The van der Waals surface area contributed by atoms with Gasteiger partial charge < -0.3 is 19.5 Å². The van der Waals surface area contributed by atoms with Crippen LogP contribution in [0.3, 0.4) is 0 Å². The van der Waals surface area contributed by atoms with Gasteiger partial charge in [0.2, 0.25) is 0 Å². The standard InChI is InChI=1S/C13H17NO3/c15-7-1-2-11-10-12(3-4-13(11)16)14-5-8-17-9-6-14/h3-4,7,10,16H,1-2,5-6,8-9H2. The lowest BCUT2D eigenvalue weighted by molar-refractivity contribution is -0.107. The molecule has 0 radical (unpaired) electrons. The van der Waals surface area contributed by atoms with Crippen molar-refractivity contribution < 1.29 is 14.6 Å². The fourth-order valence-corrected chi connectivity index (χ4v) is 2.00. The van der Waals surface area contributed by atoms with E-state index in [4.69, 9.17) is 4.74 Å². The quantitative estimate of drug-likeness (QED) is 0.801. The molecule has 1 saturated heterocycles. The number of hydrogen-bond donors (Lipinski definition) is 1. The number of hydrogen-bond acceptors (Lipinski definition) is 4. The van der Waals surface area contributed by atoms with Gasteiger partial charge in [0, 0.05) is 25.2 Å². The van der Waals surface area contributed by atoms with Crippen LogP contribution < -0.4 is 4.90 Å². The van der Waals surface area contributed by atoms with Gasteiger partial charge in [-0.1, -0.05) is 0 Å². The fourth-order valence-electron chi connectivity index (χ4n) is 2.00. The molecular weight excluding hydrogens is 218 g/mol. The van der Waals surface area contributed by atoms with Crippen molar-refractivity contribution in [3.05, 3.63) is 23.8 Å². The van der Waals surface area contributed by atoms with Crippen LogP contribution in [0.5, 0.6) is 5.75 Å². The number of carbonyl (C=O) groups excluding carboxylic acids is 1. The Bertz CT molecular complexity index is 386. The summed E-state index contributed by atoms with van der Waals surface area (Å²) in [5.41, 5.74) is 1.92. The minimum absolute atomic E-state index is 0.267. The topological polar surface area (TPSA) is 49.8 Å². The Morgan fingerprint density at radius 1 is 1.35 bits per heavy atom. The lowest BCUT2D eigenvalue weighted by Crippen LogP contribution is -2.36. The molecule has 17 heavy (non-hydrogen) atoms. The Morgan fingerprint density at radius 3 is 2.82 bits per heavy atom. The fraction of sp³-hybridized carbons (Fsp3) is 0.462. The molecular formula is C13H17NO3. The van der Waals surface area contributed by atoms with Crippen molar-refractivity contribution in [1.29, 1.82) is 0 Å². The van der Waals surface area contributed by atoms with Gasteiger partial charge in [0.05, 0.1) is 13.2 Å². The van der Waals surface area contributed by atoms with Gasteiger partial charge in [0.15, 0.2) is 0 Å². The zero-order valence-corrected chi connectivity index (χ0v) is 9.76. The monoisotopic (exact) mass is 235 g/mol. The highest BCUT2D eigenvalue weighted by Crippen LogP contribution is 2.25. The minimum atomic E-state index is 0.267. The third kappa shape index (κ3) is 2.97. The van der Waals surface area contributed by atoms with Crippen LogP contribution in [0.1, 0.15) is 12.0 Å². The summed E-state index contributed by atoms with van der Waals surface area (Å²) >= 11 is 0. The molecule has 0 bridgehead atoms. The van der Waals surface area contributed by atoms with E-state index >= 15 is 0 Å². The molecule has 0 amide bonds. The summed E-state index contributed by atoms with van der Waals surface area (Å²) in [4.78, 5) is 12.6. The van der Waals surface area contributed by atoms with Crippen molar-refractivity contribution in [3.8, 4) is 5.75 Å². The third-order valence-corrected chi connectivity index (χ3v) is 2.97. The molecule has 1 aliphatic rings. The van der Waals surface area contributed by atoms with Crippen molar-refractivity contribution in [1.82, 2.24) is 0 Å². The number of nitrogens with zero attached hydrogens (tertiary/aromatic N) is 1. The number of phenols is 1. The van der Waals surface area contributed by atoms with Gasteiger partial charge in [0.1, 0.15) is 12.0 Å². The molecule has 0 atom stereocenters. The van der Waals surface area contributed by atoms with Crippen molar-refractivity contribution in [2.75, 3.05) is 31.2 Å². The van der Waals surface area contributed by atoms with Crippen LogP contribution in [0.4, 0.5) is 5.69 Å². The average Bonchev–Trinajstić information content (AvgIpc) is 2.39.